The van der Waals surface area contributed by atoms with E-state index in [4.69, 9.17) is 4.74 Å². The van der Waals surface area contributed by atoms with Crippen LogP contribution in [0.5, 0.6) is 0 Å². The van der Waals surface area contributed by atoms with Crippen molar-refractivity contribution in [3.05, 3.63) is 0 Å². The van der Waals surface area contributed by atoms with Crippen molar-refractivity contribution in [3.8, 4) is 0 Å². The molecule has 0 aromatic carbocycles. The summed E-state index contributed by atoms with van der Waals surface area (Å²) in [5.41, 5.74) is -0.502. The number of hydrogen-bond acceptors (Lipinski definition) is 4. The van der Waals surface area contributed by atoms with Crippen molar-refractivity contribution in [2.45, 2.75) is 31.7 Å². The topological polar surface area (TPSA) is 46.6 Å². The molecule has 1 rings (SSSR count). The number of rotatable bonds is 1. The molecule has 0 spiro atoms. The first-order valence-electron chi connectivity index (χ1n) is 4.50. The fourth-order valence-corrected chi connectivity index (χ4v) is 2.11. The van der Waals surface area contributed by atoms with Crippen LogP contribution in [0.2, 0.25) is 0 Å². The number of carbonyl (C=O) groups is 2. The van der Waals surface area contributed by atoms with Gasteiger partial charge in [-0.25, -0.2) is 4.79 Å². The Morgan fingerprint density at radius 1 is 1.57 bits per heavy atom. The first kappa shape index (κ1) is 11.4. The molecular formula is C9H15NO3S. The molecule has 0 radical (unpaired) electrons. The molecule has 1 fully saturated rings. The summed E-state index contributed by atoms with van der Waals surface area (Å²) in [5.74, 6) is 0.794. The third kappa shape index (κ3) is 2.90. The van der Waals surface area contributed by atoms with Crippen molar-refractivity contribution in [1.29, 1.82) is 0 Å². The van der Waals surface area contributed by atoms with Gasteiger partial charge in [-0.2, -0.15) is 0 Å². The van der Waals surface area contributed by atoms with E-state index in [9.17, 15) is 9.59 Å². The zero-order valence-corrected chi connectivity index (χ0v) is 9.47. The molecule has 0 unspecified atom stereocenters. The summed E-state index contributed by atoms with van der Waals surface area (Å²) >= 11 is 1.46. The van der Waals surface area contributed by atoms with E-state index in [1.807, 2.05) is 20.8 Å². The van der Waals surface area contributed by atoms with Crippen LogP contribution in [-0.4, -0.2) is 40.6 Å². The Hall–Kier alpha value is -0.710. The average Bonchev–Trinajstić information content (AvgIpc) is 2.47. The van der Waals surface area contributed by atoms with Gasteiger partial charge in [-0.1, -0.05) is 0 Å². The van der Waals surface area contributed by atoms with E-state index >= 15 is 0 Å². The first-order valence-corrected chi connectivity index (χ1v) is 5.55. The van der Waals surface area contributed by atoms with Gasteiger partial charge in [0.25, 0.3) is 0 Å². The molecule has 0 aromatic rings. The lowest BCUT2D eigenvalue weighted by molar-refractivity contribution is -0.109. The molecule has 14 heavy (non-hydrogen) atoms. The summed E-state index contributed by atoms with van der Waals surface area (Å²) in [6, 6.07) is 0. The SMILES string of the molecule is CC(C)(C)OC(=O)N1CCS[C@H]1C=O. The van der Waals surface area contributed by atoms with Crippen LogP contribution in [0.3, 0.4) is 0 Å². The first-order chi connectivity index (χ1) is 6.44. The number of nitrogens with zero attached hydrogens (tertiary/aromatic N) is 1. The average molecular weight is 217 g/mol. The number of amides is 1. The lowest BCUT2D eigenvalue weighted by Gasteiger charge is -2.25. The van der Waals surface area contributed by atoms with Crippen molar-refractivity contribution in [3.63, 3.8) is 0 Å². The summed E-state index contributed by atoms with van der Waals surface area (Å²) in [6.45, 7) is 6.01. The minimum Gasteiger partial charge on any atom is -0.444 e. The van der Waals surface area contributed by atoms with Gasteiger partial charge in [-0.3, -0.25) is 4.90 Å². The minimum atomic E-state index is -0.502. The Bertz CT molecular complexity index is 237. The minimum absolute atomic E-state index is 0.371. The van der Waals surface area contributed by atoms with E-state index in [-0.39, 0.29) is 5.37 Å². The van der Waals surface area contributed by atoms with Crippen LogP contribution in [0.25, 0.3) is 0 Å². The lowest BCUT2D eigenvalue weighted by Crippen LogP contribution is -2.39. The van der Waals surface area contributed by atoms with Gasteiger partial charge >= 0.3 is 6.09 Å². The Kier molecular flexibility index (Phi) is 3.42. The van der Waals surface area contributed by atoms with Crippen molar-refractivity contribution in [2.75, 3.05) is 12.3 Å². The summed E-state index contributed by atoms with van der Waals surface area (Å²) in [6.07, 6.45) is 0.376. The summed E-state index contributed by atoms with van der Waals surface area (Å²) in [7, 11) is 0. The van der Waals surface area contributed by atoms with E-state index < -0.39 is 11.7 Å². The van der Waals surface area contributed by atoms with Crippen LogP contribution < -0.4 is 0 Å². The second-order valence-corrected chi connectivity index (χ2v) is 5.30. The molecule has 1 saturated heterocycles. The number of thioether (sulfide) groups is 1. The number of ether oxygens (including phenoxy) is 1. The zero-order valence-electron chi connectivity index (χ0n) is 8.65. The highest BCUT2D eigenvalue weighted by Gasteiger charge is 2.32. The standard InChI is InChI=1S/C9H15NO3S/c1-9(2,3)13-8(12)10-4-5-14-7(10)6-11/h6-7H,4-5H2,1-3H3/t7-/m0/s1. The summed E-state index contributed by atoms with van der Waals surface area (Å²) in [5, 5.41) is -0.371. The van der Waals surface area contributed by atoms with Gasteiger partial charge in [-0.05, 0) is 20.8 Å². The molecule has 0 aliphatic carbocycles. The van der Waals surface area contributed by atoms with E-state index in [2.05, 4.69) is 0 Å². The van der Waals surface area contributed by atoms with Gasteiger partial charge in [0, 0.05) is 12.3 Å². The van der Waals surface area contributed by atoms with Gasteiger partial charge in [0.15, 0.2) is 6.29 Å². The highest BCUT2D eigenvalue weighted by molar-refractivity contribution is 8.00. The molecule has 0 aromatic heterocycles. The van der Waals surface area contributed by atoms with E-state index in [0.29, 0.717) is 6.54 Å². The highest BCUT2D eigenvalue weighted by atomic mass is 32.2. The monoisotopic (exact) mass is 217 g/mol. The Morgan fingerprint density at radius 3 is 2.71 bits per heavy atom. The predicted molar refractivity (Wildman–Crippen MR) is 55.3 cm³/mol. The molecular weight excluding hydrogens is 202 g/mol. The zero-order chi connectivity index (χ0) is 10.8. The van der Waals surface area contributed by atoms with E-state index in [0.717, 1.165) is 12.0 Å². The van der Waals surface area contributed by atoms with E-state index in [1.165, 1.54) is 16.7 Å². The molecule has 0 N–H and O–H groups in total. The maximum atomic E-state index is 11.6. The van der Waals surface area contributed by atoms with Crippen LogP contribution in [0, 0.1) is 0 Å². The fraction of sp³-hybridized carbons (Fsp3) is 0.778. The third-order valence-electron chi connectivity index (χ3n) is 1.67. The molecule has 0 saturated carbocycles. The van der Waals surface area contributed by atoms with Gasteiger partial charge in [-0.15, -0.1) is 11.8 Å². The number of carbonyl (C=O) groups excluding carboxylic acids is 2. The molecule has 80 valence electrons. The van der Waals surface area contributed by atoms with Crippen molar-refractivity contribution < 1.29 is 14.3 Å². The van der Waals surface area contributed by atoms with Crippen molar-refractivity contribution in [2.24, 2.45) is 0 Å². The molecule has 5 heteroatoms. The Morgan fingerprint density at radius 2 is 2.21 bits per heavy atom. The van der Waals surface area contributed by atoms with Crippen LogP contribution in [0.1, 0.15) is 20.8 Å². The van der Waals surface area contributed by atoms with E-state index in [1.54, 1.807) is 0 Å². The van der Waals surface area contributed by atoms with Gasteiger partial charge < -0.3 is 9.53 Å². The molecule has 1 amide bonds. The van der Waals surface area contributed by atoms with Gasteiger partial charge in [0.1, 0.15) is 11.0 Å². The predicted octanol–water partition coefficient (Wildman–Crippen LogP) is 1.50. The van der Waals surface area contributed by atoms with Crippen molar-refractivity contribution >= 4 is 24.1 Å². The normalized spacial score (nSPS) is 22.2. The highest BCUT2D eigenvalue weighted by Crippen LogP contribution is 2.23. The second-order valence-electron chi connectivity index (χ2n) is 4.07. The van der Waals surface area contributed by atoms with Crippen LogP contribution in [0.15, 0.2) is 0 Å². The summed E-state index contributed by atoms with van der Waals surface area (Å²) < 4.78 is 5.17. The fourth-order valence-electron chi connectivity index (χ4n) is 1.12. The third-order valence-corrected chi connectivity index (χ3v) is 2.80. The lowest BCUT2D eigenvalue weighted by atomic mass is 10.2. The van der Waals surface area contributed by atoms with Crippen LogP contribution in [-0.2, 0) is 9.53 Å². The second kappa shape index (κ2) is 4.21. The summed E-state index contributed by atoms with van der Waals surface area (Å²) in [4.78, 5) is 23.6. The van der Waals surface area contributed by atoms with Crippen LogP contribution in [0.4, 0.5) is 4.79 Å². The molecule has 4 nitrogen and oxygen atoms in total. The Balaban J connectivity index is 2.56. The molecule has 1 aliphatic heterocycles. The largest absolute Gasteiger partial charge is 0.444 e. The number of hydrogen-bond donors (Lipinski definition) is 0. The maximum absolute atomic E-state index is 11.6. The van der Waals surface area contributed by atoms with Gasteiger partial charge in [0.2, 0.25) is 0 Å². The maximum Gasteiger partial charge on any atom is 0.411 e. The molecule has 1 aliphatic rings. The quantitative estimate of drug-likeness (QED) is 0.624. The Labute approximate surface area is 88.0 Å². The number of aldehydes is 1. The van der Waals surface area contributed by atoms with Crippen molar-refractivity contribution in [1.82, 2.24) is 4.90 Å². The molecule has 1 heterocycles. The molecule has 0 bridgehead atoms. The molecule has 1 atom stereocenters. The van der Waals surface area contributed by atoms with Gasteiger partial charge in [0.05, 0.1) is 0 Å². The van der Waals surface area contributed by atoms with Crippen LogP contribution >= 0.6 is 11.8 Å². The smallest absolute Gasteiger partial charge is 0.411 e.